The van der Waals surface area contributed by atoms with Crippen molar-refractivity contribution in [3.63, 3.8) is 0 Å². The normalized spacial score (nSPS) is 16.5. The molecule has 2 aliphatic rings. The van der Waals surface area contributed by atoms with Gasteiger partial charge < -0.3 is 29.8 Å². The van der Waals surface area contributed by atoms with E-state index in [1.54, 1.807) is 11.0 Å². The number of anilines is 1. The highest BCUT2D eigenvalue weighted by Gasteiger charge is 2.26. The lowest BCUT2D eigenvalue weighted by molar-refractivity contribution is -0.140. The smallest absolute Gasteiger partial charge is 0.312 e. The molecule has 3 N–H and O–H groups in total. The monoisotopic (exact) mass is 496 g/mol. The van der Waals surface area contributed by atoms with Gasteiger partial charge in [-0.05, 0) is 55.4 Å². The second kappa shape index (κ2) is 9.73. The summed E-state index contributed by atoms with van der Waals surface area (Å²) in [5, 5.41) is 9.58. The third-order valence-electron chi connectivity index (χ3n) is 6.92. The topological polar surface area (TPSA) is 129 Å². The van der Waals surface area contributed by atoms with Crippen molar-refractivity contribution in [3.8, 4) is 11.5 Å². The van der Waals surface area contributed by atoms with Crippen LogP contribution in [0.5, 0.6) is 11.5 Å². The maximum Gasteiger partial charge on any atom is 0.312 e. The molecule has 1 fully saturated rings. The van der Waals surface area contributed by atoms with Crippen LogP contribution in [0, 0.1) is 12.0 Å². The molecule has 36 heavy (non-hydrogen) atoms. The van der Waals surface area contributed by atoms with Crippen LogP contribution in [0.2, 0.25) is 0 Å². The summed E-state index contributed by atoms with van der Waals surface area (Å²) in [7, 11) is 0. The molecular formula is C25H29FN6O4. The Morgan fingerprint density at radius 3 is 2.69 bits per heavy atom. The molecule has 4 heterocycles. The molecule has 2 aromatic heterocycles. The molecule has 1 atom stereocenters. The highest BCUT2D eigenvalue weighted by Crippen LogP contribution is 2.36. The van der Waals surface area contributed by atoms with Crippen LogP contribution < -0.4 is 15.2 Å². The van der Waals surface area contributed by atoms with Crippen molar-refractivity contribution in [1.29, 1.82) is 0 Å². The number of carbonyl (C=O) groups excluding carboxylic acids is 1. The van der Waals surface area contributed by atoms with E-state index >= 15 is 0 Å². The molecule has 1 aromatic carbocycles. The van der Waals surface area contributed by atoms with Gasteiger partial charge in [0.1, 0.15) is 11.9 Å². The van der Waals surface area contributed by atoms with Crippen molar-refractivity contribution < 1.29 is 23.8 Å². The Morgan fingerprint density at radius 1 is 1.28 bits per heavy atom. The summed E-state index contributed by atoms with van der Waals surface area (Å²) in [6.45, 7) is 7.35. The first-order valence-electron chi connectivity index (χ1n) is 12.0. The Bertz CT molecular complexity index is 1320. The number of nitrogens with two attached hydrogens (primary N) is 1. The number of halogens is 1. The van der Waals surface area contributed by atoms with Crippen LogP contribution >= 0.6 is 0 Å². The molecule has 10 nitrogen and oxygen atoms in total. The van der Waals surface area contributed by atoms with Gasteiger partial charge in [-0.15, -0.1) is 0 Å². The second-order valence-electron chi connectivity index (χ2n) is 9.25. The number of aliphatic hydroxyl groups excluding tert-OH is 1. The molecule has 3 aromatic rings. The second-order valence-corrected chi connectivity index (χ2v) is 9.25. The molecule has 190 valence electrons. The van der Waals surface area contributed by atoms with Crippen LogP contribution in [0.15, 0.2) is 18.7 Å². The molecule has 1 saturated heterocycles. The Labute approximate surface area is 207 Å². The first-order valence-corrected chi connectivity index (χ1v) is 12.0. The standard InChI is InChI=1S/C25H29FN6O4/c1-3-16-10-18-19(36-13-35-18)11-17(16)12-20-28-21-22(27)29-25(26)30-23(21)32(20)9-6-15-4-7-31(8-5-15)24(34)14(2)33/h3,10-11,14-15,33H,1,4-9,12-13H2,2H3,(H2,27,29,30)/t14-/m0/s1. The number of benzene rings is 1. The molecular weight excluding hydrogens is 467 g/mol. The molecule has 0 spiro atoms. The van der Waals surface area contributed by atoms with Gasteiger partial charge in [0.25, 0.3) is 5.91 Å². The highest BCUT2D eigenvalue weighted by atomic mass is 19.1. The molecule has 1 amide bonds. The molecule has 11 heteroatoms. The fraction of sp³-hybridized carbons (Fsp3) is 0.440. The lowest BCUT2D eigenvalue weighted by Gasteiger charge is -2.32. The molecule has 2 aliphatic heterocycles. The fourth-order valence-corrected chi connectivity index (χ4v) is 4.94. The fourth-order valence-electron chi connectivity index (χ4n) is 4.94. The third kappa shape index (κ3) is 4.58. The van der Waals surface area contributed by atoms with E-state index in [1.165, 1.54) is 6.92 Å². The largest absolute Gasteiger partial charge is 0.454 e. The zero-order valence-corrected chi connectivity index (χ0v) is 20.1. The number of hydrogen-bond donors (Lipinski definition) is 2. The first-order chi connectivity index (χ1) is 17.3. The summed E-state index contributed by atoms with van der Waals surface area (Å²) in [6.07, 6.45) is 2.75. The minimum absolute atomic E-state index is 0.00271. The third-order valence-corrected chi connectivity index (χ3v) is 6.92. The van der Waals surface area contributed by atoms with Gasteiger partial charge in [-0.3, -0.25) is 4.79 Å². The van der Waals surface area contributed by atoms with Crippen LogP contribution in [0.25, 0.3) is 17.2 Å². The molecule has 0 aliphatic carbocycles. The average molecular weight is 497 g/mol. The van der Waals surface area contributed by atoms with Crippen molar-refractivity contribution in [2.24, 2.45) is 5.92 Å². The van der Waals surface area contributed by atoms with Gasteiger partial charge in [-0.1, -0.05) is 12.7 Å². The first kappa shape index (κ1) is 24.0. The number of piperidine rings is 1. The van der Waals surface area contributed by atoms with E-state index in [4.69, 9.17) is 20.2 Å². The van der Waals surface area contributed by atoms with Crippen molar-refractivity contribution in [1.82, 2.24) is 24.4 Å². The molecule has 0 saturated carbocycles. The van der Waals surface area contributed by atoms with Gasteiger partial charge in [-0.2, -0.15) is 14.4 Å². The van der Waals surface area contributed by atoms with Gasteiger partial charge in [0.05, 0.1) is 0 Å². The summed E-state index contributed by atoms with van der Waals surface area (Å²) < 4.78 is 27.1. The van der Waals surface area contributed by atoms with Gasteiger partial charge in [0.2, 0.25) is 6.79 Å². The van der Waals surface area contributed by atoms with E-state index in [0.29, 0.717) is 60.5 Å². The van der Waals surface area contributed by atoms with Crippen LogP contribution in [-0.2, 0) is 17.8 Å². The number of hydrogen-bond acceptors (Lipinski definition) is 8. The predicted octanol–water partition coefficient (Wildman–Crippen LogP) is 2.52. The lowest BCUT2D eigenvalue weighted by Crippen LogP contribution is -2.43. The minimum Gasteiger partial charge on any atom is -0.454 e. The average Bonchev–Trinajstić information content (AvgIpc) is 3.46. The van der Waals surface area contributed by atoms with E-state index in [0.717, 1.165) is 30.4 Å². The molecule has 0 radical (unpaired) electrons. The summed E-state index contributed by atoms with van der Waals surface area (Å²) in [5.74, 6) is 2.13. The summed E-state index contributed by atoms with van der Waals surface area (Å²) in [4.78, 5) is 26.1. The van der Waals surface area contributed by atoms with E-state index in [2.05, 4.69) is 16.5 Å². The van der Waals surface area contributed by atoms with E-state index < -0.39 is 12.2 Å². The number of nitrogen functional groups attached to an aromatic ring is 1. The van der Waals surface area contributed by atoms with Crippen LogP contribution in [0.1, 0.15) is 43.1 Å². The van der Waals surface area contributed by atoms with Crippen molar-refractivity contribution in [2.45, 2.75) is 45.3 Å². The number of aromatic nitrogens is 4. The quantitative estimate of drug-likeness (QED) is 0.478. The summed E-state index contributed by atoms with van der Waals surface area (Å²) in [5.41, 5.74) is 8.54. The minimum atomic E-state index is -0.988. The SMILES string of the molecule is C=Cc1cc2c(cc1Cc1nc3c(N)nc(F)nc3n1CCC1CCN(C(=O)[C@H](C)O)CC1)OCO2. The number of carbonyl (C=O) groups is 1. The predicted molar refractivity (Wildman–Crippen MR) is 131 cm³/mol. The summed E-state index contributed by atoms with van der Waals surface area (Å²) >= 11 is 0. The lowest BCUT2D eigenvalue weighted by atomic mass is 9.93. The zero-order valence-electron chi connectivity index (χ0n) is 20.1. The number of ether oxygens (including phenoxy) is 2. The number of aliphatic hydroxyl groups is 1. The van der Waals surface area contributed by atoms with Crippen molar-refractivity contribution >= 4 is 29.0 Å². The number of rotatable bonds is 7. The number of fused-ring (bicyclic) bond motifs is 2. The van der Waals surface area contributed by atoms with Crippen molar-refractivity contribution in [2.75, 3.05) is 25.6 Å². The Morgan fingerprint density at radius 2 is 2.00 bits per heavy atom. The van der Waals surface area contributed by atoms with Crippen molar-refractivity contribution in [3.05, 3.63) is 41.7 Å². The van der Waals surface area contributed by atoms with Crippen LogP contribution in [0.4, 0.5) is 10.2 Å². The zero-order chi connectivity index (χ0) is 25.4. The number of amides is 1. The maximum absolute atomic E-state index is 14.1. The number of imidazole rings is 1. The summed E-state index contributed by atoms with van der Waals surface area (Å²) in [6, 6.07) is 3.79. The Kier molecular flexibility index (Phi) is 6.48. The molecule has 0 unspecified atom stereocenters. The van der Waals surface area contributed by atoms with E-state index in [-0.39, 0.29) is 18.5 Å². The van der Waals surface area contributed by atoms with Crippen LogP contribution in [-0.4, -0.2) is 61.4 Å². The van der Waals surface area contributed by atoms with Crippen LogP contribution in [0.3, 0.4) is 0 Å². The van der Waals surface area contributed by atoms with Gasteiger partial charge in [-0.25, -0.2) is 4.98 Å². The number of likely N-dealkylation sites (tertiary alicyclic amines) is 1. The Hall–Kier alpha value is -3.73. The van der Waals surface area contributed by atoms with E-state index in [9.17, 15) is 14.3 Å². The Balaban J connectivity index is 1.41. The van der Waals surface area contributed by atoms with E-state index in [1.807, 2.05) is 16.7 Å². The number of nitrogens with zero attached hydrogens (tertiary/aromatic N) is 5. The molecule has 0 bridgehead atoms. The highest BCUT2D eigenvalue weighted by molar-refractivity contribution is 5.82. The van der Waals surface area contributed by atoms with Gasteiger partial charge in [0.15, 0.2) is 28.5 Å². The molecule has 5 rings (SSSR count). The maximum atomic E-state index is 14.1. The van der Waals surface area contributed by atoms with Gasteiger partial charge in [0, 0.05) is 26.1 Å². The number of aryl methyl sites for hydroxylation is 1. The van der Waals surface area contributed by atoms with Gasteiger partial charge >= 0.3 is 6.08 Å².